The third-order valence-corrected chi connectivity index (χ3v) is 5.65. The minimum atomic E-state index is -5.00. The Hall–Kier alpha value is -3.29. The van der Waals surface area contributed by atoms with Crippen molar-refractivity contribution in [1.82, 2.24) is 14.9 Å². The summed E-state index contributed by atoms with van der Waals surface area (Å²) in [5.41, 5.74) is -3.56. The van der Waals surface area contributed by atoms with E-state index in [1.54, 1.807) is 12.3 Å². The van der Waals surface area contributed by atoms with E-state index in [0.29, 0.717) is 63.3 Å². The number of anilines is 3. The quantitative estimate of drug-likeness (QED) is 0.643. The molecule has 0 radical (unpaired) electrons. The first kappa shape index (κ1) is 24.8. The van der Waals surface area contributed by atoms with Crippen molar-refractivity contribution in [2.75, 3.05) is 67.6 Å². The summed E-state index contributed by atoms with van der Waals surface area (Å²) in [7, 11) is 0. The summed E-state index contributed by atoms with van der Waals surface area (Å²) >= 11 is 0. The molecule has 0 atom stereocenters. The SMILES string of the molecule is O=C(Nc1cc(C(F)(F)F)cc(C(F)(F)F)c1)N1CCN(c2ccnc(N3CCOCC3)n2)CC1. The zero-order valence-corrected chi connectivity index (χ0v) is 18.4. The minimum Gasteiger partial charge on any atom is -0.378 e. The van der Waals surface area contributed by atoms with Gasteiger partial charge in [0.1, 0.15) is 5.82 Å². The maximum atomic E-state index is 13.1. The predicted octanol–water partition coefficient (Wildman–Crippen LogP) is 3.70. The Morgan fingerprint density at radius 2 is 1.46 bits per heavy atom. The number of rotatable bonds is 3. The molecule has 35 heavy (non-hydrogen) atoms. The van der Waals surface area contributed by atoms with Crippen molar-refractivity contribution in [3.05, 3.63) is 41.6 Å². The van der Waals surface area contributed by atoms with E-state index >= 15 is 0 Å². The van der Waals surface area contributed by atoms with Crippen LogP contribution in [0.2, 0.25) is 0 Å². The lowest BCUT2D eigenvalue weighted by Gasteiger charge is -2.36. The van der Waals surface area contributed by atoms with Crippen LogP contribution < -0.4 is 15.1 Å². The third-order valence-electron chi connectivity index (χ3n) is 5.65. The van der Waals surface area contributed by atoms with Gasteiger partial charge in [-0.3, -0.25) is 0 Å². The largest absolute Gasteiger partial charge is 0.416 e. The molecule has 2 fully saturated rings. The molecule has 2 aliphatic heterocycles. The molecule has 1 aromatic heterocycles. The Morgan fingerprint density at radius 1 is 0.857 bits per heavy atom. The Morgan fingerprint density at radius 3 is 2.03 bits per heavy atom. The summed E-state index contributed by atoms with van der Waals surface area (Å²) in [4.78, 5) is 26.7. The van der Waals surface area contributed by atoms with Crippen LogP contribution in [0.15, 0.2) is 30.5 Å². The molecule has 0 spiro atoms. The molecule has 14 heteroatoms. The van der Waals surface area contributed by atoms with Gasteiger partial charge >= 0.3 is 18.4 Å². The molecule has 4 rings (SSSR count). The number of nitrogens with one attached hydrogen (secondary N) is 1. The van der Waals surface area contributed by atoms with E-state index in [-0.39, 0.29) is 19.2 Å². The van der Waals surface area contributed by atoms with Gasteiger partial charge in [0.2, 0.25) is 5.95 Å². The topological polar surface area (TPSA) is 73.8 Å². The number of piperazine rings is 1. The molecule has 1 N–H and O–H groups in total. The predicted molar refractivity (Wildman–Crippen MR) is 114 cm³/mol. The van der Waals surface area contributed by atoms with Crippen molar-refractivity contribution in [2.24, 2.45) is 0 Å². The van der Waals surface area contributed by atoms with Crippen LogP contribution in [0.1, 0.15) is 11.1 Å². The average molecular weight is 504 g/mol. The van der Waals surface area contributed by atoms with Gasteiger partial charge in [0.05, 0.1) is 24.3 Å². The minimum absolute atomic E-state index is 0.0152. The molecule has 1 aromatic carbocycles. The van der Waals surface area contributed by atoms with E-state index in [2.05, 4.69) is 15.3 Å². The summed E-state index contributed by atoms with van der Waals surface area (Å²) in [5.74, 6) is 1.23. The van der Waals surface area contributed by atoms with Crippen LogP contribution in [0.4, 0.5) is 48.6 Å². The van der Waals surface area contributed by atoms with E-state index in [1.165, 1.54) is 4.90 Å². The fourth-order valence-corrected chi connectivity index (χ4v) is 3.80. The van der Waals surface area contributed by atoms with Crippen molar-refractivity contribution in [3.8, 4) is 0 Å². The van der Waals surface area contributed by atoms with Gasteiger partial charge in [-0.1, -0.05) is 0 Å². The first-order valence-electron chi connectivity index (χ1n) is 10.8. The molecule has 0 bridgehead atoms. The number of carbonyl (C=O) groups excluding carboxylic acids is 1. The molecule has 190 valence electrons. The van der Waals surface area contributed by atoms with Crippen LogP contribution in [0.3, 0.4) is 0 Å². The number of aromatic nitrogens is 2. The highest BCUT2D eigenvalue weighted by atomic mass is 19.4. The number of amides is 2. The zero-order chi connectivity index (χ0) is 25.2. The second-order valence-electron chi connectivity index (χ2n) is 8.01. The van der Waals surface area contributed by atoms with Crippen molar-refractivity contribution in [3.63, 3.8) is 0 Å². The molecule has 0 saturated carbocycles. The summed E-state index contributed by atoms with van der Waals surface area (Å²) in [6, 6.07) is 1.94. The number of hydrogen-bond acceptors (Lipinski definition) is 6. The highest BCUT2D eigenvalue weighted by molar-refractivity contribution is 5.89. The van der Waals surface area contributed by atoms with Gasteiger partial charge in [-0.2, -0.15) is 31.3 Å². The van der Waals surface area contributed by atoms with E-state index in [1.807, 2.05) is 9.80 Å². The van der Waals surface area contributed by atoms with Crippen LogP contribution in [0, 0.1) is 0 Å². The van der Waals surface area contributed by atoms with Crippen LogP contribution in [-0.4, -0.2) is 73.4 Å². The molecule has 2 saturated heterocycles. The van der Waals surface area contributed by atoms with Crippen molar-refractivity contribution in [1.29, 1.82) is 0 Å². The van der Waals surface area contributed by atoms with Crippen LogP contribution in [0.25, 0.3) is 0 Å². The van der Waals surface area contributed by atoms with E-state index in [9.17, 15) is 31.1 Å². The Bertz CT molecular complexity index is 1020. The second-order valence-corrected chi connectivity index (χ2v) is 8.01. The van der Waals surface area contributed by atoms with Crippen LogP contribution in [-0.2, 0) is 17.1 Å². The van der Waals surface area contributed by atoms with Gasteiger partial charge in [-0.15, -0.1) is 0 Å². The fourth-order valence-electron chi connectivity index (χ4n) is 3.80. The van der Waals surface area contributed by atoms with Gasteiger partial charge in [-0.25, -0.2) is 9.78 Å². The Balaban J connectivity index is 1.40. The van der Waals surface area contributed by atoms with Crippen LogP contribution in [0.5, 0.6) is 0 Å². The zero-order valence-electron chi connectivity index (χ0n) is 18.4. The number of alkyl halides is 6. The summed E-state index contributed by atoms with van der Waals surface area (Å²) < 4.78 is 83.7. The lowest BCUT2D eigenvalue weighted by Crippen LogP contribution is -2.50. The summed E-state index contributed by atoms with van der Waals surface area (Å²) in [6.07, 6.45) is -8.36. The standard InChI is InChI=1S/C21H22F6N6O2/c22-20(23,24)14-11-15(21(25,26)27)13-16(12-14)29-19(34)33-5-3-31(4-6-33)17-1-2-28-18(30-17)32-7-9-35-10-8-32/h1-2,11-13H,3-10H2,(H,29,34). The van der Waals surface area contributed by atoms with Gasteiger partial charge in [-0.05, 0) is 24.3 Å². The molecule has 0 aliphatic carbocycles. The van der Waals surface area contributed by atoms with E-state index in [0.717, 1.165) is 0 Å². The highest BCUT2D eigenvalue weighted by Crippen LogP contribution is 2.37. The molecule has 2 aliphatic rings. The molecule has 0 unspecified atom stereocenters. The molecular formula is C21H22F6N6O2. The molecule has 2 aromatic rings. The Labute approximate surface area is 196 Å². The maximum absolute atomic E-state index is 13.1. The molecule has 3 heterocycles. The van der Waals surface area contributed by atoms with E-state index in [4.69, 9.17) is 4.74 Å². The normalized spacial score (nSPS) is 17.5. The molecule has 2 amide bonds. The Kier molecular flexibility index (Phi) is 6.92. The lowest BCUT2D eigenvalue weighted by molar-refractivity contribution is -0.143. The van der Waals surface area contributed by atoms with Crippen molar-refractivity contribution < 1.29 is 35.9 Å². The van der Waals surface area contributed by atoms with Gasteiger partial charge in [0, 0.05) is 51.2 Å². The van der Waals surface area contributed by atoms with Gasteiger partial charge in [0.15, 0.2) is 0 Å². The van der Waals surface area contributed by atoms with Gasteiger partial charge < -0.3 is 24.8 Å². The van der Waals surface area contributed by atoms with E-state index < -0.39 is 35.2 Å². The van der Waals surface area contributed by atoms with Crippen molar-refractivity contribution >= 4 is 23.5 Å². The number of nitrogens with zero attached hydrogens (tertiary/aromatic N) is 5. The monoisotopic (exact) mass is 504 g/mol. The maximum Gasteiger partial charge on any atom is 0.416 e. The third kappa shape index (κ3) is 6.05. The molecule has 8 nitrogen and oxygen atoms in total. The first-order valence-corrected chi connectivity index (χ1v) is 10.8. The average Bonchev–Trinajstić information content (AvgIpc) is 2.83. The van der Waals surface area contributed by atoms with Gasteiger partial charge in [0.25, 0.3) is 0 Å². The number of morpholine rings is 1. The number of hydrogen-bond donors (Lipinski definition) is 1. The number of benzene rings is 1. The second kappa shape index (κ2) is 9.76. The number of ether oxygens (including phenoxy) is 1. The van der Waals surface area contributed by atoms with Crippen molar-refractivity contribution in [2.45, 2.75) is 12.4 Å². The first-order chi connectivity index (χ1) is 16.5. The number of carbonyl (C=O) groups is 1. The number of halogens is 6. The lowest BCUT2D eigenvalue weighted by atomic mass is 10.1. The number of urea groups is 1. The highest BCUT2D eigenvalue weighted by Gasteiger charge is 2.37. The van der Waals surface area contributed by atoms with Crippen LogP contribution >= 0.6 is 0 Å². The summed E-state index contributed by atoms with van der Waals surface area (Å²) in [6.45, 7) is 3.66. The fraction of sp³-hybridized carbons (Fsp3) is 0.476. The smallest absolute Gasteiger partial charge is 0.378 e. The molecular weight excluding hydrogens is 482 g/mol. The summed E-state index contributed by atoms with van der Waals surface area (Å²) in [5, 5.41) is 2.17.